The molecule has 6 nitrogen and oxygen atoms in total. The van der Waals surface area contributed by atoms with Crippen LogP contribution in [0.15, 0.2) is 29.3 Å². The van der Waals surface area contributed by atoms with Crippen LogP contribution >= 0.6 is 24.0 Å². The van der Waals surface area contributed by atoms with E-state index >= 15 is 0 Å². The number of aromatic nitrogens is 2. The van der Waals surface area contributed by atoms with Crippen LogP contribution in [0.4, 0.5) is 0 Å². The van der Waals surface area contributed by atoms with E-state index in [9.17, 15) is 5.11 Å². The first-order valence-electron chi connectivity index (χ1n) is 11.2. The Morgan fingerprint density at radius 1 is 1.20 bits per heavy atom. The summed E-state index contributed by atoms with van der Waals surface area (Å²) in [5.74, 6) is 1.96. The zero-order valence-corrected chi connectivity index (χ0v) is 20.8. The average molecular weight is 527 g/mol. The van der Waals surface area contributed by atoms with Gasteiger partial charge in [-0.3, -0.25) is 4.99 Å². The number of halogens is 1. The van der Waals surface area contributed by atoms with Gasteiger partial charge in [-0.2, -0.15) is 0 Å². The lowest BCUT2D eigenvalue weighted by Gasteiger charge is -2.35. The number of aliphatic imine (C=N–C) groups is 1. The summed E-state index contributed by atoms with van der Waals surface area (Å²) in [5.41, 5.74) is 2.45. The third kappa shape index (κ3) is 6.57. The highest BCUT2D eigenvalue weighted by Crippen LogP contribution is 2.39. The van der Waals surface area contributed by atoms with Gasteiger partial charge >= 0.3 is 0 Å². The lowest BCUT2D eigenvalue weighted by atomic mass is 9.72. The van der Waals surface area contributed by atoms with E-state index in [1.54, 1.807) is 0 Å². The summed E-state index contributed by atoms with van der Waals surface area (Å²) in [4.78, 5) is 9.54. The number of nitrogens with one attached hydrogen (secondary N) is 2. The fourth-order valence-corrected chi connectivity index (χ4v) is 4.54. The van der Waals surface area contributed by atoms with Crippen LogP contribution in [0.2, 0.25) is 0 Å². The van der Waals surface area contributed by atoms with E-state index in [0.717, 1.165) is 56.3 Å². The Labute approximate surface area is 198 Å². The van der Waals surface area contributed by atoms with Crippen molar-refractivity contribution in [2.75, 3.05) is 26.2 Å². The first-order chi connectivity index (χ1) is 14.2. The lowest BCUT2D eigenvalue weighted by Crippen LogP contribution is -2.39. The monoisotopic (exact) mass is 527 g/mol. The van der Waals surface area contributed by atoms with Gasteiger partial charge in [0.2, 0.25) is 0 Å². The third-order valence-electron chi connectivity index (χ3n) is 6.17. The first-order valence-corrected chi connectivity index (χ1v) is 11.2. The number of hydrogen-bond donors (Lipinski definition) is 3. The summed E-state index contributed by atoms with van der Waals surface area (Å²) < 4.78 is 2.29. The minimum Gasteiger partial charge on any atom is -0.396 e. The van der Waals surface area contributed by atoms with Gasteiger partial charge in [-0.05, 0) is 57.1 Å². The van der Waals surface area contributed by atoms with Crippen molar-refractivity contribution >= 4 is 41.0 Å². The predicted molar refractivity (Wildman–Crippen MR) is 136 cm³/mol. The second-order valence-electron chi connectivity index (χ2n) is 8.31. The van der Waals surface area contributed by atoms with E-state index in [4.69, 9.17) is 4.99 Å². The average Bonchev–Trinajstić information content (AvgIpc) is 3.05. The first kappa shape index (κ1) is 24.9. The number of aryl methyl sites for hydroxylation is 2. The predicted octanol–water partition coefficient (Wildman–Crippen LogP) is 4.24. The summed E-state index contributed by atoms with van der Waals surface area (Å²) in [6, 6.07) is 8.32. The van der Waals surface area contributed by atoms with Crippen LogP contribution < -0.4 is 10.6 Å². The van der Waals surface area contributed by atoms with Crippen molar-refractivity contribution in [1.82, 2.24) is 20.2 Å². The molecule has 3 rings (SSSR count). The Morgan fingerprint density at radius 3 is 2.70 bits per heavy atom. The number of guanidine groups is 1. The molecule has 1 aliphatic carbocycles. The second kappa shape index (κ2) is 12.5. The van der Waals surface area contributed by atoms with Crippen LogP contribution in [0.1, 0.15) is 57.7 Å². The number of hydrogen-bond acceptors (Lipinski definition) is 3. The Hall–Kier alpha value is -1.35. The van der Waals surface area contributed by atoms with E-state index in [1.165, 1.54) is 37.6 Å². The zero-order chi connectivity index (χ0) is 20.5. The van der Waals surface area contributed by atoms with Gasteiger partial charge in [0.05, 0.1) is 11.0 Å². The van der Waals surface area contributed by atoms with E-state index in [-0.39, 0.29) is 36.0 Å². The van der Waals surface area contributed by atoms with Crippen molar-refractivity contribution in [3.8, 4) is 0 Å². The highest BCUT2D eigenvalue weighted by Gasteiger charge is 2.31. The minimum absolute atomic E-state index is 0. The number of fused-ring (bicyclic) bond motifs is 1. The van der Waals surface area contributed by atoms with E-state index < -0.39 is 0 Å². The van der Waals surface area contributed by atoms with Crippen molar-refractivity contribution in [3.63, 3.8) is 0 Å². The number of rotatable bonds is 9. The molecular weight excluding hydrogens is 489 g/mol. The topological polar surface area (TPSA) is 74.5 Å². The van der Waals surface area contributed by atoms with Crippen molar-refractivity contribution in [3.05, 3.63) is 30.1 Å². The molecule has 0 atom stereocenters. The number of benzene rings is 1. The van der Waals surface area contributed by atoms with Gasteiger partial charge in [0.25, 0.3) is 0 Å². The van der Waals surface area contributed by atoms with Crippen molar-refractivity contribution < 1.29 is 5.11 Å². The second-order valence-corrected chi connectivity index (χ2v) is 8.31. The third-order valence-corrected chi connectivity index (χ3v) is 6.17. The van der Waals surface area contributed by atoms with Gasteiger partial charge < -0.3 is 20.3 Å². The number of para-hydroxylation sites is 2. The highest BCUT2D eigenvalue weighted by atomic mass is 127. The van der Waals surface area contributed by atoms with E-state index in [0.29, 0.717) is 0 Å². The molecule has 1 saturated carbocycles. The SMILES string of the molecule is CCNC(=NCC1(CCO)CCCCC1)NCCCn1c(C)nc2ccccc21.I. The number of imidazole rings is 1. The maximum absolute atomic E-state index is 9.53. The maximum atomic E-state index is 9.53. The van der Waals surface area contributed by atoms with E-state index in [1.807, 2.05) is 6.07 Å². The standard InChI is InChI=1S/C23H37N5O.HI/c1-3-24-22(26-18-23(14-17-29)12-7-4-8-13-23)25-15-9-16-28-19(2)27-20-10-5-6-11-21(20)28;/h5-6,10-11,29H,3-4,7-9,12-18H2,1-2H3,(H2,24,25,26);1H. The summed E-state index contributed by atoms with van der Waals surface area (Å²) in [5, 5.41) is 16.4. The molecule has 7 heteroatoms. The molecule has 0 aliphatic heterocycles. The molecular formula is C23H38IN5O. The van der Waals surface area contributed by atoms with Gasteiger partial charge in [-0.1, -0.05) is 31.4 Å². The molecule has 1 aromatic heterocycles. The molecule has 1 aliphatic rings. The molecule has 1 aromatic carbocycles. The highest BCUT2D eigenvalue weighted by molar-refractivity contribution is 14.0. The molecule has 0 spiro atoms. The van der Waals surface area contributed by atoms with Gasteiger partial charge in [-0.15, -0.1) is 24.0 Å². The fraction of sp³-hybridized carbons (Fsp3) is 0.652. The Morgan fingerprint density at radius 2 is 1.97 bits per heavy atom. The van der Waals surface area contributed by atoms with Gasteiger partial charge in [0, 0.05) is 32.8 Å². The molecule has 30 heavy (non-hydrogen) atoms. The molecule has 0 unspecified atom stereocenters. The maximum Gasteiger partial charge on any atom is 0.191 e. The fourth-order valence-electron chi connectivity index (χ4n) is 4.54. The van der Waals surface area contributed by atoms with Crippen LogP contribution in [0.25, 0.3) is 11.0 Å². The van der Waals surface area contributed by atoms with Crippen LogP contribution in [0.3, 0.4) is 0 Å². The van der Waals surface area contributed by atoms with Crippen LogP contribution in [0.5, 0.6) is 0 Å². The molecule has 1 fully saturated rings. The van der Waals surface area contributed by atoms with Gasteiger partial charge in [0.1, 0.15) is 5.82 Å². The molecule has 1 heterocycles. The summed E-state index contributed by atoms with van der Waals surface area (Å²) >= 11 is 0. The van der Waals surface area contributed by atoms with Crippen molar-refractivity contribution in [1.29, 1.82) is 0 Å². The number of nitrogens with zero attached hydrogens (tertiary/aromatic N) is 3. The molecule has 168 valence electrons. The summed E-state index contributed by atoms with van der Waals surface area (Å²) in [6.07, 6.45) is 8.08. The van der Waals surface area contributed by atoms with E-state index in [2.05, 4.69) is 52.2 Å². The zero-order valence-electron chi connectivity index (χ0n) is 18.5. The number of aliphatic hydroxyl groups excluding tert-OH is 1. The van der Waals surface area contributed by atoms with Crippen LogP contribution in [-0.2, 0) is 6.54 Å². The normalized spacial score (nSPS) is 16.3. The van der Waals surface area contributed by atoms with Gasteiger partial charge in [0.15, 0.2) is 5.96 Å². The largest absolute Gasteiger partial charge is 0.396 e. The summed E-state index contributed by atoms with van der Waals surface area (Å²) in [6.45, 7) is 7.89. The molecule has 0 bridgehead atoms. The molecule has 2 aromatic rings. The van der Waals surface area contributed by atoms with Crippen LogP contribution in [0, 0.1) is 12.3 Å². The minimum atomic E-state index is 0. The summed E-state index contributed by atoms with van der Waals surface area (Å²) in [7, 11) is 0. The molecule has 0 radical (unpaired) electrons. The number of aliphatic hydroxyl groups is 1. The molecule has 3 N–H and O–H groups in total. The van der Waals surface area contributed by atoms with Crippen molar-refractivity contribution in [2.45, 2.75) is 65.3 Å². The van der Waals surface area contributed by atoms with Crippen LogP contribution in [-0.4, -0.2) is 46.9 Å². The quantitative estimate of drug-likeness (QED) is 0.198. The Balaban J connectivity index is 0.00000320. The van der Waals surface area contributed by atoms with Crippen molar-refractivity contribution in [2.24, 2.45) is 10.4 Å². The molecule has 0 amide bonds. The lowest BCUT2D eigenvalue weighted by molar-refractivity contribution is 0.137. The molecule has 0 saturated heterocycles. The van der Waals surface area contributed by atoms with Gasteiger partial charge in [-0.25, -0.2) is 4.98 Å². The smallest absolute Gasteiger partial charge is 0.191 e. The Kier molecular flexibility index (Phi) is 10.4. The Bertz CT molecular complexity index is 792.